The molecule has 20 nitrogen and oxygen atoms in total. The van der Waals surface area contributed by atoms with Gasteiger partial charge in [-0.1, -0.05) is 103 Å². The highest BCUT2D eigenvalue weighted by molar-refractivity contribution is 7.99. The summed E-state index contributed by atoms with van der Waals surface area (Å²) in [4.78, 5) is 119. The molecule has 2 aromatic carbocycles. The fourth-order valence-corrected chi connectivity index (χ4v) is 11.3. The van der Waals surface area contributed by atoms with Gasteiger partial charge in [0.15, 0.2) is 0 Å². The third-order valence-electron chi connectivity index (χ3n) is 15.2. The topological polar surface area (TPSA) is 251 Å². The Hall–Kier alpha value is -5.61. The van der Waals surface area contributed by atoms with Crippen LogP contribution >= 0.6 is 11.8 Å². The molecule has 2 aromatic rings. The number of likely N-dealkylation sites (N-methyl/N-ethyl adjacent to an activating group) is 5. The van der Waals surface area contributed by atoms with Crippen LogP contribution in [0.15, 0.2) is 54.6 Å². The molecule has 0 spiro atoms. The van der Waals surface area contributed by atoms with Gasteiger partial charge in [0.2, 0.25) is 47.3 Å². The van der Waals surface area contributed by atoms with Crippen LogP contribution in [0.4, 0.5) is 0 Å². The summed E-state index contributed by atoms with van der Waals surface area (Å²) in [7, 11) is 7.75. The molecule has 2 fully saturated rings. The van der Waals surface area contributed by atoms with Crippen molar-refractivity contribution in [3.8, 4) is 11.1 Å². The number of rotatable bonds is 31. The van der Waals surface area contributed by atoms with E-state index >= 15 is 0 Å². The molecular formula is C59H93N9O11S. The molecular weight excluding hydrogens is 1040 g/mol. The van der Waals surface area contributed by atoms with Crippen molar-refractivity contribution in [1.82, 2.24) is 45.8 Å². The van der Waals surface area contributed by atoms with E-state index in [9.17, 15) is 48.6 Å². The zero-order valence-electron chi connectivity index (χ0n) is 49.4. The number of carbonyl (C=O) groups is 8. The molecule has 0 bridgehead atoms. The summed E-state index contributed by atoms with van der Waals surface area (Å²) in [6.07, 6.45) is 2.50. The van der Waals surface area contributed by atoms with Crippen molar-refractivity contribution >= 4 is 59.0 Å². The lowest BCUT2D eigenvalue weighted by molar-refractivity contribution is -0.193. The van der Waals surface area contributed by atoms with Gasteiger partial charge in [0.05, 0.1) is 38.3 Å². The maximum atomic E-state index is 15.0. The molecule has 2 heterocycles. The van der Waals surface area contributed by atoms with Crippen molar-refractivity contribution in [3.05, 3.63) is 60.2 Å². The van der Waals surface area contributed by atoms with Gasteiger partial charge >= 0.3 is 0 Å². The van der Waals surface area contributed by atoms with E-state index in [0.717, 1.165) is 45.8 Å². The second-order valence-electron chi connectivity index (χ2n) is 22.7. The lowest BCUT2D eigenvalue weighted by Crippen LogP contribution is -2.62. The Morgan fingerprint density at radius 2 is 1.30 bits per heavy atom. The van der Waals surface area contributed by atoms with Crippen molar-refractivity contribution in [2.75, 3.05) is 79.6 Å². The number of piperidine rings is 1. The minimum absolute atomic E-state index is 0.0227. The van der Waals surface area contributed by atoms with Crippen LogP contribution in [-0.2, 0) is 49.5 Å². The van der Waals surface area contributed by atoms with Gasteiger partial charge in [-0.15, -0.1) is 0 Å². The summed E-state index contributed by atoms with van der Waals surface area (Å²) in [5, 5.41) is 31.8. The van der Waals surface area contributed by atoms with Gasteiger partial charge in [-0.25, -0.2) is 0 Å². The van der Waals surface area contributed by atoms with E-state index in [1.807, 2.05) is 87.3 Å². The molecule has 8 amide bonds. The summed E-state index contributed by atoms with van der Waals surface area (Å²) in [6, 6.07) is 11.0. The van der Waals surface area contributed by atoms with Gasteiger partial charge in [-0.05, 0) is 80.5 Å². The summed E-state index contributed by atoms with van der Waals surface area (Å²) in [5.41, 5.74) is 2.66. The number of carbonyl (C=O) groups excluding carboxylic acids is 8. The monoisotopic (exact) mass is 1140 g/mol. The molecule has 0 radical (unpaired) electrons. The summed E-state index contributed by atoms with van der Waals surface area (Å²) in [5.74, 6) is -3.58. The van der Waals surface area contributed by atoms with E-state index < -0.39 is 84.3 Å². The predicted molar refractivity (Wildman–Crippen MR) is 310 cm³/mol. The van der Waals surface area contributed by atoms with Crippen LogP contribution in [0.25, 0.3) is 11.1 Å². The number of aliphatic hydroxyl groups is 2. The first-order valence-electron chi connectivity index (χ1n) is 28.4. The second-order valence-corrected chi connectivity index (χ2v) is 23.8. The standard InChI is InChI=1S/C59H93N9O11S/c1-13-39(6)52(67(12)57(77)46(33-69)62-55(75)49(29-38(4)5)65(10)51(72)32-64(9)50(71)30-40(7)70)56(76)61-45(31-41-22-24-43(25-23-41)42-20-16-14-17-21-42)53(73)63-47(58(78)68-26-18-15-19-27-68)36-80-35-44-34-79-59(44)66(11)48(28-37(2)3)54(74)60-8/h14,16-17,20-25,37-40,44-49,52,59,69-70H,13,15,18-19,26-36H2,1-12H3,(H,60,74)(H,61,76)(H,62,75)(H,63,73)/t39-,40+,44?,45-,46-,47-,48-,49-,52-,59?/m0/s1. The predicted octanol–water partition coefficient (Wildman–Crippen LogP) is 3.13. The van der Waals surface area contributed by atoms with Crippen molar-refractivity contribution < 1.29 is 53.3 Å². The summed E-state index contributed by atoms with van der Waals surface area (Å²) >= 11 is 1.52. The normalized spacial score (nSPS) is 18.3. The van der Waals surface area contributed by atoms with Crippen LogP contribution in [0.3, 0.4) is 0 Å². The molecule has 2 saturated heterocycles. The third-order valence-corrected chi connectivity index (χ3v) is 16.4. The fourth-order valence-electron chi connectivity index (χ4n) is 10.2. The van der Waals surface area contributed by atoms with Gasteiger partial charge in [-0.2, -0.15) is 11.8 Å². The van der Waals surface area contributed by atoms with E-state index in [-0.39, 0.29) is 73.4 Å². The Kier molecular flexibility index (Phi) is 27.4. The third kappa shape index (κ3) is 19.5. The molecule has 2 aliphatic heterocycles. The Morgan fingerprint density at radius 3 is 1.85 bits per heavy atom. The van der Waals surface area contributed by atoms with Crippen molar-refractivity contribution in [2.45, 2.75) is 148 Å². The summed E-state index contributed by atoms with van der Waals surface area (Å²) in [6.45, 7) is 13.3. The molecule has 2 aliphatic rings. The maximum Gasteiger partial charge on any atom is 0.247 e. The first-order chi connectivity index (χ1) is 37.9. The number of hydrogen-bond acceptors (Lipinski definition) is 13. The molecule has 0 saturated carbocycles. The van der Waals surface area contributed by atoms with Crippen LogP contribution in [0, 0.1) is 23.7 Å². The van der Waals surface area contributed by atoms with Crippen LogP contribution < -0.4 is 21.3 Å². The number of thioether (sulfide) groups is 1. The lowest BCUT2D eigenvalue weighted by Gasteiger charge is -2.45. The number of ether oxygens (including phenoxy) is 1. The summed E-state index contributed by atoms with van der Waals surface area (Å²) < 4.78 is 6.02. The van der Waals surface area contributed by atoms with Crippen molar-refractivity contribution in [3.63, 3.8) is 0 Å². The van der Waals surface area contributed by atoms with E-state index in [2.05, 4.69) is 35.1 Å². The number of likely N-dealkylation sites (tertiary alicyclic amines) is 1. The van der Waals surface area contributed by atoms with Gasteiger partial charge in [0, 0.05) is 65.1 Å². The van der Waals surface area contributed by atoms with Gasteiger partial charge in [0.25, 0.3) is 0 Å². The van der Waals surface area contributed by atoms with Crippen LogP contribution in [0.2, 0.25) is 0 Å². The average molecular weight is 1140 g/mol. The van der Waals surface area contributed by atoms with Crippen molar-refractivity contribution in [2.24, 2.45) is 23.7 Å². The Bertz CT molecular complexity index is 2340. The number of benzene rings is 2. The van der Waals surface area contributed by atoms with Gasteiger partial charge < -0.3 is 55.8 Å². The molecule has 4 rings (SSSR count). The van der Waals surface area contributed by atoms with Crippen molar-refractivity contribution in [1.29, 1.82) is 0 Å². The van der Waals surface area contributed by atoms with E-state index in [1.54, 1.807) is 18.9 Å². The Morgan fingerprint density at radius 1 is 0.713 bits per heavy atom. The molecule has 21 heteroatoms. The maximum absolute atomic E-state index is 15.0. The fraction of sp³-hybridized carbons (Fsp3) is 0.661. The zero-order valence-corrected chi connectivity index (χ0v) is 50.3. The highest BCUT2D eigenvalue weighted by Gasteiger charge is 2.42. The van der Waals surface area contributed by atoms with Crippen LogP contribution in [0.1, 0.15) is 99.0 Å². The number of hydrogen-bond donors (Lipinski definition) is 6. The smallest absolute Gasteiger partial charge is 0.247 e. The highest BCUT2D eigenvalue weighted by atomic mass is 32.2. The minimum Gasteiger partial charge on any atom is -0.394 e. The molecule has 0 aromatic heterocycles. The van der Waals surface area contributed by atoms with Crippen LogP contribution in [0.5, 0.6) is 0 Å². The SMILES string of the molecule is CC[C@H](C)[C@@H](C(=O)N[C@@H](Cc1ccc(-c2ccccc2)cc1)C(=O)N[C@@H](CSCC1COC1N(C)[C@@H](CC(C)C)C(=O)NC)C(=O)N1CCCCC1)N(C)C(=O)[C@H](CO)NC(=O)[C@H](CC(C)C)N(C)C(=O)CN(C)C(=O)C[C@@H](C)O. The number of amides is 8. The lowest BCUT2D eigenvalue weighted by atomic mass is 9.95. The largest absolute Gasteiger partial charge is 0.394 e. The first kappa shape index (κ1) is 66.9. The molecule has 10 atom stereocenters. The number of aliphatic hydroxyl groups excluding tert-OH is 2. The van der Waals surface area contributed by atoms with Gasteiger partial charge in [0.1, 0.15) is 36.4 Å². The second kappa shape index (κ2) is 32.7. The minimum atomic E-state index is -1.54. The highest BCUT2D eigenvalue weighted by Crippen LogP contribution is 2.30. The van der Waals surface area contributed by atoms with Gasteiger partial charge in [-0.3, -0.25) is 43.3 Å². The number of nitrogens with one attached hydrogen (secondary N) is 4. The molecule has 0 aliphatic carbocycles. The average Bonchev–Trinajstić information content (AvgIpc) is 3.42. The zero-order chi connectivity index (χ0) is 59.4. The van der Waals surface area contributed by atoms with E-state index in [1.165, 1.54) is 44.7 Å². The van der Waals surface area contributed by atoms with E-state index in [4.69, 9.17) is 4.74 Å². The quantitative estimate of drug-likeness (QED) is 0.0636. The Labute approximate surface area is 479 Å². The first-order valence-corrected chi connectivity index (χ1v) is 29.6. The van der Waals surface area contributed by atoms with Crippen LogP contribution in [-0.4, -0.2) is 210 Å². The Balaban J connectivity index is 1.62. The van der Waals surface area contributed by atoms with E-state index in [0.29, 0.717) is 38.3 Å². The molecule has 80 heavy (non-hydrogen) atoms. The number of nitrogens with zero attached hydrogens (tertiary/aromatic N) is 5. The molecule has 446 valence electrons. The molecule has 2 unspecified atom stereocenters. The molecule has 6 N–H and O–H groups in total.